The smallest absolute Gasteiger partial charge is 0.251 e. The number of carbonyl (C=O) groups excluding carboxylic acids is 1. The van der Waals surface area contributed by atoms with Crippen molar-refractivity contribution in [3.8, 4) is 0 Å². The van der Waals surface area contributed by atoms with E-state index in [4.69, 9.17) is 9.52 Å². The van der Waals surface area contributed by atoms with Crippen LogP contribution in [0, 0.1) is 0 Å². The minimum atomic E-state index is -0.0298. The van der Waals surface area contributed by atoms with Gasteiger partial charge in [0, 0.05) is 57.4 Å². The Morgan fingerprint density at radius 1 is 1.17 bits per heavy atom. The monoisotopic (exact) mass is 412 g/mol. The molecule has 2 heterocycles. The number of benzene rings is 1. The number of aliphatic imine (C=N–C) groups is 1. The van der Waals surface area contributed by atoms with Crippen LogP contribution in [-0.2, 0) is 13.1 Å². The molecule has 3 rings (SSSR count). The molecule has 0 unspecified atom stereocenters. The number of aromatic nitrogens is 1. The summed E-state index contributed by atoms with van der Waals surface area (Å²) in [5.41, 5.74) is 2.67. The number of nitrogens with one attached hydrogen (secondary N) is 2. The number of hydrogen-bond acceptors (Lipinski definition) is 5. The van der Waals surface area contributed by atoms with Gasteiger partial charge in [-0.2, -0.15) is 0 Å². The van der Waals surface area contributed by atoms with Gasteiger partial charge in [-0.15, -0.1) is 0 Å². The third-order valence-corrected chi connectivity index (χ3v) is 5.02. The van der Waals surface area contributed by atoms with E-state index in [0.29, 0.717) is 18.7 Å². The summed E-state index contributed by atoms with van der Waals surface area (Å²) in [7, 11) is 0. The molecule has 1 aromatic carbocycles. The molecular formula is C22H32N6O2. The lowest BCUT2D eigenvalue weighted by molar-refractivity contribution is 0.0953. The summed E-state index contributed by atoms with van der Waals surface area (Å²) in [4.78, 5) is 21.7. The van der Waals surface area contributed by atoms with E-state index in [9.17, 15) is 4.79 Å². The number of piperazine rings is 1. The zero-order valence-corrected chi connectivity index (χ0v) is 17.9. The summed E-state index contributed by atoms with van der Waals surface area (Å²) in [6.45, 7) is 10.7. The maximum atomic E-state index is 12.2. The quantitative estimate of drug-likeness (QED) is 0.510. The van der Waals surface area contributed by atoms with Crippen molar-refractivity contribution in [3.63, 3.8) is 0 Å². The lowest BCUT2D eigenvalue weighted by Gasteiger charge is -2.36. The molecule has 0 spiro atoms. The first-order chi connectivity index (χ1) is 14.7. The second-order valence-electron chi connectivity index (χ2n) is 7.38. The van der Waals surface area contributed by atoms with Crippen LogP contribution in [0.3, 0.4) is 0 Å². The van der Waals surface area contributed by atoms with Gasteiger partial charge in [0.25, 0.3) is 5.91 Å². The van der Waals surface area contributed by atoms with E-state index in [1.807, 2.05) is 37.3 Å². The van der Waals surface area contributed by atoms with Crippen LogP contribution in [0.4, 0.5) is 0 Å². The molecule has 8 nitrogen and oxygen atoms in total. The van der Waals surface area contributed by atoms with Gasteiger partial charge >= 0.3 is 0 Å². The number of amides is 1. The number of nitrogens with zero attached hydrogens (tertiary/aromatic N) is 4. The zero-order valence-electron chi connectivity index (χ0n) is 17.9. The predicted molar refractivity (Wildman–Crippen MR) is 117 cm³/mol. The molecule has 0 radical (unpaired) electrons. The molecule has 1 saturated heterocycles. The van der Waals surface area contributed by atoms with Crippen molar-refractivity contribution in [2.24, 2.45) is 4.99 Å². The highest BCUT2D eigenvalue weighted by Gasteiger charge is 2.20. The average Bonchev–Trinajstić information content (AvgIpc) is 3.29. The maximum Gasteiger partial charge on any atom is 0.251 e. The van der Waals surface area contributed by atoms with Gasteiger partial charge in [0.2, 0.25) is 0 Å². The van der Waals surface area contributed by atoms with Gasteiger partial charge in [-0.1, -0.05) is 24.2 Å². The van der Waals surface area contributed by atoms with Gasteiger partial charge in [0.05, 0.1) is 12.2 Å². The fourth-order valence-corrected chi connectivity index (χ4v) is 3.41. The molecule has 1 aromatic heterocycles. The molecule has 30 heavy (non-hydrogen) atoms. The summed E-state index contributed by atoms with van der Waals surface area (Å²) in [6, 6.07) is 9.61. The number of guanidine groups is 1. The molecule has 162 valence electrons. The SMILES string of the molecule is CCCNC(=O)c1cccc(CN=C(NCC)N2CCN(Cc3ccon3)CC2)c1. The minimum absolute atomic E-state index is 0.0298. The van der Waals surface area contributed by atoms with Crippen LogP contribution in [0.15, 0.2) is 46.1 Å². The van der Waals surface area contributed by atoms with Gasteiger partial charge in [0.15, 0.2) is 5.96 Å². The highest BCUT2D eigenvalue weighted by molar-refractivity contribution is 5.94. The molecule has 8 heteroatoms. The first-order valence-corrected chi connectivity index (χ1v) is 10.7. The number of rotatable bonds is 8. The van der Waals surface area contributed by atoms with Gasteiger partial charge < -0.3 is 20.1 Å². The lowest BCUT2D eigenvalue weighted by Crippen LogP contribution is -2.52. The molecule has 2 N–H and O–H groups in total. The van der Waals surface area contributed by atoms with Crippen molar-refractivity contribution in [3.05, 3.63) is 53.4 Å². The standard InChI is InChI=1S/C22H32N6O2/c1-3-9-24-21(29)19-7-5-6-18(15-19)16-25-22(23-4-2)28-12-10-27(11-13-28)17-20-8-14-30-26-20/h5-8,14-15H,3-4,9-13,16-17H2,1-2H3,(H,23,25)(H,24,29). The highest BCUT2D eigenvalue weighted by Crippen LogP contribution is 2.10. The van der Waals surface area contributed by atoms with Crippen LogP contribution in [-0.4, -0.2) is 66.1 Å². The average molecular weight is 413 g/mol. The Morgan fingerprint density at radius 3 is 2.70 bits per heavy atom. The van der Waals surface area contributed by atoms with E-state index in [-0.39, 0.29) is 5.91 Å². The van der Waals surface area contributed by atoms with Crippen LogP contribution in [0.2, 0.25) is 0 Å². The first kappa shape index (κ1) is 21.8. The molecule has 0 saturated carbocycles. The lowest BCUT2D eigenvalue weighted by atomic mass is 10.1. The normalized spacial score (nSPS) is 15.3. The molecule has 1 amide bonds. The Balaban J connectivity index is 1.57. The minimum Gasteiger partial charge on any atom is -0.364 e. The van der Waals surface area contributed by atoms with Gasteiger partial charge in [-0.3, -0.25) is 9.69 Å². The molecule has 1 fully saturated rings. The largest absolute Gasteiger partial charge is 0.364 e. The molecule has 1 aliphatic rings. The molecule has 0 atom stereocenters. The zero-order chi connectivity index (χ0) is 21.2. The number of hydrogen-bond donors (Lipinski definition) is 2. The highest BCUT2D eigenvalue weighted by atomic mass is 16.5. The molecule has 0 aliphatic carbocycles. The molecule has 0 bridgehead atoms. The third-order valence-electron chi connectivity index (χ3n) is 5.02. The van der Waals surface area contributed by atoms with Gasteiger partial charge in [-0.25, -0.2) is 4.99 Å². The van der Waals surface area contributed by atoms with Gasteiger partial charge in [-0.05, 0) is 31.0 Å². The summed E-state index contributed by atoms with van der Waals surface area (Å²) in [5, 5.41) is 10.3. The van der Waals surface area contributed by atoms with Crippen LogP contribution in [0.1, 0.15) is 41.9 Å². The summed E-state index contributed by atoms with van der Waals surface area (Å²) in [5.74, 6) is 0.886. The first-order valence-electron chi connectivity index (χ1n) is 10.7. The van der Waals surface area contributed by atoms with Gasteiger partial charge in [0.1, 0.15) is 6.26 Å². The van der Waals surface area contributed by atoms with Crippen LogP contribution < -0.4 is 10.6 Å². The Morgan fingerprint density at radius 2 is 2.00 bits per heavy atom. The Kier molecular flexibility index (Phi) is 8.26. The Bertz CT molecular complexity index is 813. The maximum absolute atomic E-state index is 12.2. The third kappa shape index (κ3) is 6.32. The Labute approximate surface area is 178 Å². The fourth-order valence-electron chi connectivity index (χ4n) is 3.41. The van der Waals surface area contributed by atoms with Crippen LogP contribution in [0.25, 0.3) is 0 Å². The second kappa shape index (κ2) is 11.3. The predicted octanol–water partition coefficient (Wildman–Crippen LogP) is 2.10. The second-order valence-corrected chi connectivity index (χ2v) is 7.38. The topological polar surface area (TPSA) is 86.0 Å². The van der Waals surface area contributed by atoms with Crippen molar-refractivity contribution in [2.45, 2.75) is 33.4 Å². The fraction of sp³-hybridized carbons (Fsp3) is 0.500. The van der Waals surface area contributed by atoms with Crippen LogP contribution in [0.5, 0.6) is 0 Å². The van der Waals surface area contributed by atoms with E-state index in [0.717, 1.165) is 62.9 Å². The van der Waals surface area contributed by atoms with E-state index >= 15 is 0 Å². The summed E-state index contributed by atoms with van der Waals surface area (Å²) < 4.78 is 4.92. The summed E-state index contributed by atoms with van der Waals surface area (Å²) in [6.07, 6.45) is 2.54. The summed E-state index contributed by atoms with van der Waals surface area (Å²) >= 11 is 0. The molecule has 2 aromatic rings. The van der Waals surface area contributed by atoms with Crippen molar-refractivity contribution in [1.82, 2.24) is 25.6 Å². The van der Waals surface area contributed by atoms with E-state index < -0.39 is 0 Å². The van der Waals surface area contributed by atoms with Crippen molar-refractivity contribution < 1.29 is 9.32 Å². The molecular weight excluding hydrogens is 380 g/mol. The van der Waals surface area contributed by atoms with Crippen molar-refractivity contribution in [2.75, 3.05) is 39.3 Å². The van der Waals surface area contributed by atoms with Crippen molar-refractivity contribution >= 4 is 11.9 Å². The van der Waals surface area contributed by atoms with E-state index in [2.05, 4.69) is 32.5 Å². The Hall–Kier alpha value is -2.87. The van der Waals surface area contributed by atoms with Crippen molar-refractivity contribution in [1.29, 1.82) is 0 Å². The molecule has 1 aliphatic heterocycles. The van der Waals surface area contributed by atoms with E-state index in [1.165, 1.54) is 0 Å². The number of carbonyl (C=O) groups is 1. The van der Waals surface area contributed by atoms with Crippen LogP contribution >= 0.6 is 0 Å². The van der Waals surface area contributed by atoms with E-state index in [1.54, 1.807) is 6.26 Å².